The number of nitrogens with two attached hydrogens (primary N) is 1. The third-order valence-corrected chi connectivity index (χ3v) is 3.36. The average molecular weight is 204 g/mol. The smallest absolute Gasteiger partial charge is 0.0459 e. The van der Waals surface area contributed by atoms with E-state index in [9.17, 15) is 0 Å². The van der Waals surface area contributed by atoms with Crippen molar-refractivity contribution >= 4 is 5.69 Å². The molecule has 0 radical (unpaired) electrons. The maximum absolute atomic E-state index is 6.24. The molecule has 0 atom stereocenters. The lowest BCUT2D eigenvalue weighted by Gasteiger charge is -2.12. The molecule has 0 spiro atoms. The Hall–Kier alpha value is -1.05. The zero-order chi connectivity index (χ0) is 10.8. The van der Waals surface area contributed by atoms with Gasteiger partial charge in [-0.05, 0) is 50.2 Å². The third kappa shape index (κ3) is 1.85. The molecule has 0 amide bonds. The van der Waals surface area contributed by atoms with E-state index in [0.717, 1.165) is 30.6 Å². The summed E-state index contributed by atoms with van der Waals surface area (Å²) < 4.78 is 0. The molecule has 0 saturated carbocycles. The Morgan fingerprint density at radius 3 is 2.87 bits per heavy atom. The van der Waals surface area contributed by atoms with Crippen LogP contribution in [0.3, 0.4) is 0 Å². The predicted molar refractivity (Wildman–Crippen MR) is 64.0 cm³/mol. The summed E-state index contributed by atoms with van der Waals surface area (Å²) in [5, 5.41) is 0. The van der Waals surface area contributed by atoms with E-state index in [0.29, 0.717) is 0 Å². The van der Waals surface area contributed by atoms with Gasteiger partial charge in [-0.2, -0.15) is 0 Å². The lowest BCUT2D eigenvalue weighted by atomic mass is 10.0. The number of pyridine rings is 1. The summed E-state index contributed by atoms with van der Waals surface area (Å²) in [6, 6.07) is 0. The Kier molecular flexibility index (Phi) is 2.94. The van der Waals surface area contributed by atoms with Crippen LogP contribution in [0.15, 0.2) is 0 Å². The summed E-state index contributed by atoms with van der Waals surface area (Å²) in [5.41, 5.74) is 12.3. The molecule has 0 aliphatic heterocycles. The number of hydrogen-bond donors (Lipinski definition) is 1. The number of hydrogen-bond acceptors (Lipinski definition) is 2. The van der Waals surface area contributed by atoms with E-state index in [1.807, 2.05) is 0 Å². The summed E-state index contributed by atoms with van der Waals surface area (Å²) in [7, 11) is 0. The van der Waals surface area contributed by atoms with Crippen molar-refractivity contribution in [2.24, 2.45) is 0 Å². The maximum atomic E-state index is 6.24. The maximum Gasteiger partial charge on any atom is 0.0459 e. The Morgan fingerprint density at radius 1 is 1.33 bits per heavy atom. The molecule has 2 heteroatoms. The van der Waals surface area contributed by atoms with Crippen LogP contribution in [0.4, 0.5) is 5.69 Å². The van der Waals surface area contributed by atoms with Gasteiger partial charge in [-0.3, -0.25) is 4.98 Å². The molecule has 15 heavy (non-hydrogen) atoms. The number of nitrogen functional groups attached to an aromatic ring is 1. The Balaban J connectivity index is 2.37. The fraction of sp³-hybridized carbons (Fsp3) is 0.615. The normalized spacial score (nSPS) is 14.3. The summed E-state index contributed by atoms with van der Waals surface area (Å²) >= 11 is 0. The van der Waals surface area contributed by atoms with Gasteiger partial charge in [0.1, 0.15) is 0 Å². The Labute approximate surface area is 91.9 Å². The first kappa shape index (κ1) is 10.5. The third-order valence-electron chi connectivity index (χ3n) is 3.36. The van der Waals surface area contributed by atoms with Crippen LogP contribution in [-0.2, 0) is 19.3 Å². The minimum Gasteiger partial charge on any atom is -0.398 e. The van der Waals surface area contributed by atoms with Gasteiger partial charge in [0.05, 0.1) is 0 Å². The van der Waals surface area contributed by atoms with Crippen molar-refractivity contribution in [1.29, 1.82) is 0 Å². The lowest BCUT2D eigenvalue weighted by molar-refractivity contribution is 0.785. The van der Waals surface area contributed by atoms with Crippen LogP contribution in [0.2, 0.25) is 0 Å². The van der Waals surface area contributed by atoms with Gasteiger partial charge >= 0.3 is 0 Å². The van der Waals surface area contributed by atoms with Gasteiger partial charge in [-0.15, -0.1) is 0 Å². The number of unbranched alkanes of at least 4 members (excludes halogenated alkanes) is 1. The molecular weight excluding hydrogens is 184 g/mol. The van der Waals surface area contributed by atoms with E-state index in [2.05, 4.69) is 18.8 Å². The molecular formula is C13H20N2. The van der Waals surface area contributed by atoms with Gasteiger partial charge in [0.25, 0.3) is 0 Å². The van der Waals surface area contributed by atoms with Crippen molar-refractivity contribution in [2.45, 2.75) is 52.4 Å². The summed E-state index contributed by atoms with van der Waals surface area (Å²) in [4.78, 5) is 4.69. The first-order valence-corrected chi connectivity index (χ1v) is 6.00. The fourth-order valence-electron chi connectivity index (χ4n) is 2.46. The van der Waals surface area contributed by atoms with Crippen LogP contribution in [-0.4, -0.2) is 4.98 Å². The van der Waals surface area contributed by atoms with E-state index >= 15 is 0 Å². The van der Waals surface area contributed by atoms with Crippen LogP contribution in [0.25, 0.3) is 0 Å². The molecule has 2 rings (SSSR count). The van der Waals surface area contributed by atoms with Crippen molar-refractivity contribution in [1.82, 2.24) is 4.98 Å². The summed E-state index contributed by atoms with van der Waals surface area (Å²) in [5.74, 6) is 0. The SMILES string of the molecule is CCCCc1c(C)nc2c(c1N)CCC2. The number of aryl methyl sites for hydroxylation is 2. The number of anilines is 1. The minimum atomic E-state index is 1.04. The molecule has 1 heterocycles. The molecule has 1 aliphatic carbocycles. The monoisotopic (exact) mass is 204 g/mol. The number of nitrogens with zero attached hydrogens (tertiary/aromatic N) is 1. The largest absolute Gasteiger partial charge is 0.398 e. The molecule has 0 saturated heterocycles. The van der Waals surface area contributed by atoms with Gasteiger partial charge in [-0.1, -0.05) is 13.3 Å². The highest BCUT2D eigenvalue weighted by Crippen LogP contribution is 2.30. The van der Waals surface area contributed by atoms with Crippen LogP contribution < -0.4 is 5.73 Å². The van der Waals surface area contributed by atoms with E-state index in [4.69, 9.17) is 5.73 Å². The second kappa shape index (κ2) is 4.21. The van der Waals surface area contributed by atoms with Crippen LogP contribution in [0.1, 0.15) is 48.7 Å². The van der Waals surface area contributed by atoms with Crippen molar-refractivity contribution in [2.75, 3.05) is 5.73 Å². The van der Waals surface area contributed by atoms with Crippen molar-refractivity contribution in [3.05, 3.63) is 22.5 Å². The van der Waals surface area contributed by atoms with Gasteiger partial charge in [-0.25, -0.2) is 0 Å². The van der Waals surface area contributed by atoms with E-state index in [-0.39, 0.29) is 0 Å². The van der Waals surface area contributed by atoms with Crippen molar-refractivity contribution < 1.29 is 0 Å². The van der Waals surface area contributed by atoms with Crippen molar-refractivity contribution in [3.8, 4) is 0 Å². The zero-order valence-electron chi connectivity index (χ0n) is 9.77. The van der Waals surface area contributed by atoms with Gasteiger partial charge in [0.15, 0.2) is 0 Å². The molecule has 1 aromatic heterocycles. The van der Waals surface area contributed by atoms with Gasteiger partial charge in [0.2, 0.25) is 0 Å². The first-order valence-electron chi connectivity index (χ1n) is 6.00. The van der Waals surface area contributed by atoms with Crippen LogP contribution in [0, 0.1) is 6.92 Å². The highest BCUT2D eigenvalue weighted by atomic mass is 14.8. The first-order chi connectivity index (χ1) is 7.24. The molecule has 2 N–H and O–H groups in total. The quantitative estimate of drug-likeness (QED) is 0.822. The Bertz CT molecular complexity index is 369. The second-order valence-electron chi connectivity index (χ2n) is 4.47. The molecule has 82 valence electrons. The topological polar surface area (TPSA) is 38.9 Å². The average Bonchev–Trinajstić information content (AvgIpc) is 2.65. The van der Waals surface area contributed by atoms with Crippen molar-refractivity contribution in [3.63, 3.8) is 0 Å². The van der Waals surface area contributed by atoms with E-state index in [1.165, 1.54) is 36.1 Å². The summed E-state index contributed by atoms with van der Waals surface area (Å²) in [6.45, 7) is 4.31. The van der Waals surface area contributed by atoms with Crippen LogP contribution in [0.5, 0.6) is 0 Å². The molecule has 1 aromatic rings. The number of aromatic nitrogens is 1. The number of rotatable bonds is 3. The molecule has 1 aliphatic rings. The van der Waals surface area contributed by atoms with Gasteiger partial charge in [0, 0.05) is 17.1 Å². The summed E-state index contributed by atoms with van der Waals surface area (Å²) in [6.07, 6.45) is 7.00. The highest BCUT2D eigenvalue weighted by molar-refractivity contribution is 5.58. The molecule has 0 unspecified atom stereocenters. The number of fused-ring (bicyclic) bond motifs is 1. The fourth-order valence-corrected chi connectivity index (χ4v) is 2.46. The minimum absolute atomic E-state index is 1.04. The molecule has 0 fully saturated rings. The standard InChI is InChI=1S/C13H20N2/c1-3-4-6-10-9(2)15-12-8-5-7-11(12)13(10)14/h3-8H2,1-2H3,(H2,14,15). The molecule has 0 aromatic carbocycles. The van der Waals surface area contributed by atoms with Gasteiger partial charge < -0.3 is 5.73 Å². The van der Waals surface area contributed by atoms with E-state index < -0.39 is 0 Å². The zero-order valence-corrected chi connectivity index (χ0v) is 9.77. The second-order valence-corrected chi connectivity index (χ2v) is 4.47. The predicted octanol–water partition coefficient (Wildman–Crippen LogP) is 2.80. The van der Waals surface area contributed by atoms with E-state index in [1.54, 1.807) is 0 Å². The Morgan fingerprint density at radius 2 is 2.13 bits per heavy atom. The molecule has 0 bridgehead atoms. The lowest BCUT2D eigenvalue weighted by Crippen LogP contribution is -2.05. The van der Waals surface area contributed by atoms with Crippen LogP contribution >= 0.6 is 0 Å². The highest BCUT2D eigenvalue weighted by Gasteiger charge is 2.19. The molecule has 2 nitrogen and oxygen atoms in total.